The first-order valence-corrected chi connectivity index (χ1v) is 7.08. The zero-order chi connectivity index (χ0) is 13.2. The smallest absolute Gasteiger partial charge is 0.234 e. The Morgan fingerprint density at radius 3 is 2.67 bits per heavy atom. The molecule has 0 spiro atoms. The molecule has 0 fully saturated rings. The van der Waals surface area contributed by atoms with Gasteiger partial charge in [0.1, 0.15) is 0 Å². The van der Waals surface area contributed by atoms with E-state index in [1.165, 1.54) is 10.5 Å². The summed E-state index contributed by atoms with van der Waals surface area (Å²) < 4.78 is 4.85. The number of carbonyl (C=O) groups is 1. The molecular formula is C13H20N2O2S. The summed E-state index contributed by atoms with van der Waals surface area (Å²) in [4.78, 5) is 12.6. The molecule has 18 heavy (non-hydrogen) atoms. The number of ether oxygens (including phenoxy) is 1. The van der Waals surface area contributed by atoms with Crippen molar-refractivity contribution >= 4 is 17.7 Å². The fourth-order valence-electron chi connectivity index (χ4n) is 1.42. The van der Waals surface area contributed by atoms with E-state index >= 15 is 0 Å². The molecule has 0 unspecified atom stereocenters. The molecule has 0 aliphatic heterocycles. The molecule has 1 rings (SSSR count). The molecule has 0 saturated carbocycles. The van der Waals surface area contributed by atoms with Crippen LogP contribution in [0.4, 0.5) is 0 Å². The van der Waals surface area contributed by atoms with Crippen molar-refractivity contribution in [2.24, 2.45) is 0 Å². The van der Waals surface area contributed by atoms with E-state index in [1.807, 2.05) is 0 Å². The van der Waals surface area contributed by atoms with E-state index in [4.69, 9.17) is 4.74 Å². The quantitative estimate of drug-likeness (QED) is 0.550. The molecule has 1 aromatic rings. The summed E-state index contributed by atoms with van der Waals surface area (Å²) in [5, 5.41) is 5.86. The van der Waals surface area contributed by atoms with Gasteiger partial charge in [0.15, 0.2) is 0 Å². The van der Waals surface area contributed by atoms with Crippen molar-refractivity contribution in [2.45, 2.75) is 11.4 Å². The van der Waals surface area contributed by atoms with Crippen LogP contribution in [0.15, 0.2) is 29.2 Å². The zero-order valence-corrected chi connectivity index (χ0v) is 11.7. The molecule has 0 heterocycles. The first-order valence-electron chi connectivity index (χ1n) is 5.85. The molecule has 0 bridgehead atoms. The molecule has 2 N–H and O–H groups in total. The fourth-order valence-corrected chi connectivity index (χ4v) is 1.83. The minimum atomic E-state index is -0.00668. The minimum Gasteiger partial charge on any atom is -0.383 e. The lowest BCUT2D eigenvalue weighted by Gasteiger charge is -2.06. The fraction of sp³-hybridized carbons (Fsp3) is 0.462. The highest BCUT2D eigenvalue weighted by Gasteiger charge is 1.99. The standard InChI is InChI=1S/C13H20N2O2S/c1-17-8-7-15-13(16)10-14-9-11-3-5-12(18-2)6-4-11/h3-6,14H,7-10H2,1-2H3,(H,15,16). The van der Waals surface area contributed by atoms with Crippen molar-refractivity contribution in [1.82, 2.24) is 10.6 Å². The van der Waals surface area contributed by atoms with E-state index in [0.717, 1.165) is 0 Å². The van der Waals surface area contributed by atoms with Crippen LogP contribution in [0.1, 0.15) is 5.56 Å². The highest BCUT2D eigenvalue weighted by atomic mass is 32.2. The van der Waals surface area contributed by atoms with Gasteiger partial charge in [0.25, 0.3) is 0 Å². The highest BCUT2D eigenvalue weighted by Crippen LogP contribution is 2.14. The Bertz CT molecular complexity index is 355. The topological polar surface area (TPSA) is 50.4 Å². The molecule has 0 saturated heterocycles. The van der Waals surface area contributed by atoms with E-state index in [0.29, 0.717) is 26.2 Å². The van der Waals surface area contributed by atoms with Gasteiger partial charge in [-0.05, 0) is 24.0 Å². The highest BCUT2D eigenvalue weighted by molar-refractivity contribution is 7.98. The Hall–Kier alpha value is -1.04. The van der Waals surface area contributed by atoms with Gasteiger partial charge in [-0.25, -0.2) is 0 Å². The second kappa shape index (κ2) is 8.97. The molecular weight excluding hydrogens is 248 g/mol. The summed E-state index contributed by atoms with van der Waals surface area (Å²) in [7, 11) is 1.61. The Labute approximate surface area is 112 Å². The number of amides is 1. The van der Waals surface area contributed by atoms with Gasteiger partial charge in [-0.2, -0.15) is 0 Å². The number of methoxy groups -OCH3 is 1. The van der Waals surface area contributed by atoms with Gasteiger partial charge in [0.05, 0.1) is 13.2 Å². The SMILES string of the molecule is COCCNC(=O)CNCc1ccc(SC)cc1. The van der Waals surface area contributed by atoms with Gasteiger partial charge in [-0.1, -0.05) is 12.1 Å². The van der Waals surface area contributed by atoms with Crippen LogP contribution in [0.2, 0.25) is 0 Å². The normalized spacial score (nSPS) is 10.3. The molecule has 1 amide bonds. The third kappa shape index (κ3) is 6.05. The number of hydrogen-bond acceptors (Lipinski definition) is 4. The monoisotopic (exact) mass is 268 g/mol. The number of thioether (sulfide) groups is 1. The van der Waals surface area contributed by atoms with Crippen LogP contribution in [0.5, 0.6) is 0 Å². The first kappa shape index (κ1) is 15.0. The third-order valence-corrected chi connectivity index (χ3v) is 3.15. The molecule has 4 nitrogen and oxygen atoms in total. The number of hydrogen-bond donors (Lipinski definition) is 2. The zero-order valence-electron chi connectivity index (χ0n) is 10.9. The van der Waals surface area contributed by atoms with Gasteiger partial charge in [0, 0.05) is 25.1 Å². The van der Waals surface area contributed by atoms with E-state index < -0.39 is 0 Å². The van der Waals surface area contributed by atoms with Gasteiger partial charge in [-0.15, -0.1) is 11.8 Å². The predicted octanol–water partition coefficient (Wildman–Crippen LogP) is 1.26. The molecule has 0 atom stereocenters. The Kier molecular flexibility index (Phi) is 7.48. The van der Waals surface area contributed by atoms with Gasteiger partial charge in [0.2, 0.25) is 5.91 Å². The number of benzene rings is 1. The average molecular weight is 268 g/mol. The molecule has 0 radical (unpaired) electrons. The van der Waals surface area contributed by atoms with Crippen LogP contribution < -0.4 is 10.6 Å². The van der Waals surface area contributed by atoms with Crippen LogP contribution in [-0.4, -0.2) is 39.0 Å². The lowest BCUT2D eigenvalue weighted by atomic mass is 10.2. The van der Waals surface area contributed by atoms with Crippen LogP contribution >= 0.6 is 11.8 Å². The maximum atomic E-state index is 11.4. The van der Waals surface area contributed by atoms with E-state index in [-0.39, 0.29) is 5.91 Å². The summed E-state index contributed by atoms with van der Waals surface area (Å²) >= 11 is 1.72. The summed E-state index contributed by atoms with van der Waals surface area (Å²) in [5.41, 5.74) is 1.18. The summed E-state index contributed by atoms with van der Waals surface area (Å²) in [5.74, 6) is -0.00668. The Morgan fingerprint density at radius 2 is 2.06 bits per heavy atom. The summed E-state index contributed by atoms with van der Waals surface area (Å²) in [6.07, 6.45) is 2.05. The lowest BCUT2D eigenvalue weighted by Crippen LogP contribution is -2.35. The summed E-state index contributed by atoms with van der Waals surface area (Å²) in [6, 6.07) is 8.31. The Morgan fingerprint density at radius 1 is 1.33 bits per heavy atom. The van der Waals surface area contributed by atoms with Crippen LogP contribution in [-0.2, 0) is 16.1 Å². The lowest BCUT2D eigenvalue weighted by molar-refractivity contribution is -0.120. The molecule has 1 aromatic carbocycles. The average Bonchev–Trinajstić information content (AvgIpc) is 2.40. The van der Waals surface area contributed by atoms with Crippen LogP contribution in [0.25, 0.3) is 0 Å². The van der Waals surface area contributed by atoms with E-state index in [1.54, 1.807) is 18.9 Å². The predicted molar refractivity (Wildman–Crippen MR) is 74.8 cm³/mol. The third-order valence-electron chi connectivity index (χ3n) is 2.40. The molecule has 5 heteroatoms. The van der Waals surface area contributed by atoms with Crippen molar-refractivity contribution in [3.8, 4) is 0 Å². The van der Waals surface area contributed by atoms with Crippen LogP contribution in [0, 0.1) is 0 Å². The maximum Gasteiger partial charge on any atom is 0.234 e. The van der Waals surface area contributed by atoms with Crippen LogP contribution in [0.3, 0.4) is 0 Å². The second-order valence-electron chi connectivity index (χ2n) is 3.79. The number of nitrogens with one attached hydrogen (secondary N) is 2. The van der Waals surface area contributed by atoms with Crippen molar-refractivity contribution in [1.29, 1.82) is 0 Å². The minimum absolute atomic E-state index is 0.00668. The first-order chi connectivity index (χ1) is 8.76. The Balaban J connectivity index is 2.18. The molecule has 0 aromatic heterocycles. The number of carbonyl (C=O) groups excluding carboxylic acids is 1. The number of rotatable bonds is 8. The van der Waals surface area contributed by atoms with E-state index in [9.17, 15) is 4.79 Å². The summed E-state index contributed by atoms with van der Waals surface area (Å²) in [6.45, 7) is 2.13. The van der Waals surface area contributed by atoms with Crippen molar-refractivity contribution < 1.29 is 9.53 Å². The van der Waals surface area contributed by atoms with E-state index in [2.05, 4.69) is 41.2 Å². The van der Waals surface area contributed by atoms with Gasteiger partial charge < -0.3 is 15.4 Å². The second-order valence-corrected chi connectivity index (χ2v) is 4.67. The van der Waals surface area contributed by atoms with Crippen molar-refractivity contribution in [3.63, 3.8) is 0 Å². The molecule has 0 aliphatic carbocycles. The van der Waals surface area contributed by atoms with Crippen molar-refractivity contribution in [2.75, 3.05) is 33.1 Å². The largest absolute Gasteiger partial charge is 0.383 e. The maximum absolute atomic E-state index is 11.4. The molecule has 100 valence electrons. The van der Waals surface area contributed by atoms with Crippen molar-refractivity contribution in [3.05, 3.63) is 29.8 Å². The van der Waals surface area contributed by atoms with Gasteiger partial charge in [-0.3, -0.25) is 4.79 Å². The molecule has 0 aliphatic rings. The van der Waals surface area contributed by atoms with Gasteiger partial charge >= 0.3 is 0 Å².